The van der Waals surface area contributed by atoms with E-state index in [1.807, 2.05) is 54.0 Å². The molecule has 1 aliphatic rings. The summed E-state index contributed by atoms with van der Waals surface area (Å²) in [6.07, 6.45) is 27.2. The van der Waals surface area contributed by atoms with E-state index in [2.05, 4.69) is 17.2 Å². The van der Waals surface area contributed by atoms with Crippen LogP contribution in [-0.4, -0.2) is 46.3 Å². The average Bonchev–Trinajstić information content (AvgIpc) is 3.75. The Labute approximate surface area is 341 Å². The van der Waals surface area contributed by atoms with Crippen LogP contribution in [0.2, 0.25) is 0 Å². The normalized spacial score (nSPS) is 13.5. The van der Waals surface area contributed by atoms with Crippen LogP contribution >= 0.6 is 0 Å². The van der Waals surface area contributed by atoms with Crippen molar-refractivity contribution in [3.05, 3.63) is 80.6 Å². The highest BCUT2D eigenvalue weighted by Crippen LogP contribution is 2.34. The SMILES string of the molecule is CCCCCCCCCCCCCCCCNC(=O)[C@@H](N)CCCCN.COc1cccc2c1ncc1c(=O)n(Cc3cccc(C)c3)c(=O)n(C3CCCC3)c12. The molecule has 0 spiro atoms. The number of unbranched alkanes of at least 4 members (excludes halogenated alkanes) is 14. The van der Waals surface area contributed by atoms with Gasteiger partial charge in [-0.3, -0.25) is 23.7 Å². The van der Waals surface area contributed by atoms with Gasteiger partial charge in [0.15, 0.2) is 0 Å². The maximum Gasteiger partial charge on any atom is 0.332 e. The van der Waals surface area contributed by atoms with Crippen molar-refractivity contribution in [2.75, 3.05) is 20.2 Å². The minimum Gasteiger partial charge on any atom is -0.494 e. The van der Waals surface area contributed by atoms with E-state index in [4.69, 9.17) is 16.2 Å². The largest absolute Gasteiger partial charge is 0.494 e. The second-order valence-corrected chi connectivity index (χ2v) is 16.1. The third kappa shape index (κ3) is 14.1. The number of hydrogen-bond donors (Lipinski definition) is 3. The number of aryl methyl sites for hydroxylation is 1. The lowest BCUT2D eigenvalue weighted by atomic mass is 10.0. The number of methoxy groups -OCH3 is 1. The van der Waals surface area contributed by atoms with Crippen molar-refractivity contribution in [3.8, 4) is 5.75 Å². The first kappa shape index (κ1) is 45.7. The van der Waals surface area contributed by atoms with Gasteiger partial charge in [-0.2, -0.15) is 0 Å². The standard InChI is InChI=1S/C25H25N3O3.C22H47N3O/c1-16-7-5-8-17(13-16)15-27-24(29)20-14-26-22-19(11-6-12-21(22)31-2)23(20)28(25(27)30)18-9-3-4-10-18;1-2-3-4-5-6-7-8-9-10-11-12-13-14-17-20-25-22(26)21(24)18-15-16-19-23/h5-8,11-14,18H,3-4,9-10,15H2,1-2H3;21H,2-20,23-24H2,1H3,(H,25,26)/t;21-/m.0/s1. The zero-order valence-electron chi connectivity index (χ0n) is 35.4. The zero-order chi connectivity index (χ0) is 40.8. The lowest BCUT2D eigenvalue weighted by molar-refractivity contribution is -0.122. The third-order valence-corrected chi connectivity index (χ3v) is 11.5. The van der Waals surface area contributed by atoms with Crippen molar-refractivity contribution in [3.63, 3.8) is 0 Å². The Morgan fingerprint density at radius 2 is 1.49 bits per heavy atom. The van der Waals surface area contributed by atoms with Gasteiger partial charge >= 0.3 is 5.69 Å². The Bertz CT molecular complexity index is 1910. The van der Waals surface area contributed by atoms with Crippen LogP contribution in [0.3, 0.4) is 0 Å². The van der Waals surface area contributed by atoms with Crippen LogP contribution in [0.4, 0.5) is 0 Å². The molecule has 0 aliphatic heterocycles. The van der Waals surface area contributed by atoms with Gasteiger partial charge in [0.2, 0.25) is 5.91 Å². The quantitative estimate of drug-likeness (QED) is 0.0474. The molecule has 57 heavy (non-hydrogen) atoms. The molecule has 1 aliphatic carbocycles. The predicted octanol–water partition coefficient (Wildman–Crippen LogP) is 9.23. The van der Waals surface area contributed by atoms with Gasteiger partial charge in [-0.05, 0) is 57.2 Å². The third-order valence-electron chi connectivity index (χ3n) is 11.5. The van der Waals surface area contributed by atoms with Crippen molar-refractivity contribution in [1.29, 1.82) is 0 Å². The second kappa shape index (κ2) is 25.4. The average molecular weight is 785 g/mol. The highest BCUT2D eigenvalue weighted by atomic mass is 16.5. The van der Waals surface area contributed by atoms with Gasteiger partial charge in [0, 0.05) is 24.2 Å². The van der Waals surface area contributed by atoms with Gasteiger partial charge in [0.05, 0.1) is 30.6 Å². The van der Waals surface area contributed by atoms with E-state index in [-0.39, 0.29) is 35.8 Å². The van der Waals surface area contributed by atoms with E-state index in [1.165, 1.54) is 88.0 Å². The Balaban J connectivity index is 0.000000258. The van der Waals surface area contributed by atoms with Gasteiger partial charge < -0.3 is 21.5 Å². The number of para-hydroxylation sites is 1. The van der Waals surface area contributed by atoms with Crippen molar-refractivity contribution in [1.82, 2.24) is 19.4 Å². The maximum absolute atomic E-state index is 13.8. The number of ether oxygens (including phenoxy) is 1. The number of carbonyl (C=O) groups excluding carboxylic acids is 1. The van der Waals surface area contributed by atoms with Crippen LogP contribution in [0.25, 0.3) is 21.8 Å². The van der Waals surface area contributed by atoms with Gasteiger partial charge in [0.25, 0.3) is 5.56 Å². The summed E-state index contributed by atoms with van der Waals surface area (Å²) in [7, 11) is 1.60. The summed E-state index contributed by atoms with van der Waals surface area (Å²) in [5, 5.41) is 4.21. The Kier molecular flexibility index (Phi) is 20.3. The highest BCUT2D eigenvalue weighted by Gasteiger charge is 2.25. The summed E-state index contributed by atoms with van der Waals surface area (Å²) in [5.41, 5.74) is 14.1. The molecule has 2 aromatic heterocycles. The fourth-order valence-corrected chi connectivity index (χ4v) is 8.16. The molecule has 0 radical (unpaired) electrons. The number of aromatic nitrogens is 3. The molecule has 1 atom stereocenters. The van der Waals surface area contributed by atoms with Crippen molar-refractivity contribution in [2.45, 2.75) is 167 Å². The summed E-state index contributed by atoms with van der Waals surface area (Å²) in [6, 6.07) is 13.3. The van der Waals surface area contributed by atoms with Gasteiger partial charge in [0.1, 0.15) is 11.3 Å². The molecule has 0 bridgehead atoms. The summed E-state index contributed by atoms with van der Waals surface area (Å²) < 4.78 is 8.70. The maximum atomic E-state index is 13.8. The Morgan fingerprint density at radius 1 is 0.860 bits per heavy atom. The lowest BCUT2D eigenvalue weighted by Crippen LogP contribution is -2.41. The van der Waals surface area contributed by atoms with E-state index >= 15 is 0 Å². The van der Waals surface area contributed by atoms with Crippen molar-refractivity contribution >= 4 is 27.7 Å². The van der Waals surface area contributed by atoms with E-state index < -0.39 is 0 Å². The summed E-state index contributed by atoms with van der Waals surface area (Å²) in [5.74, 6) is 0.630. The first-order chi connectivity index (χ1) is 27.8. The molecule has 10 heteroatoms. The Morgan fingerprint density at radius 3 is 2.11 bits per heavy atom. The molecule has 0 unspecified atom stereocenters. The summed E-state index contributed by atoms with van der Waals surface area (Å²) in [6.45, 7) is 5.97. The number of nitrogens with two attached hydrogens (primary N) is 2. The molecule has 2 heterocycles. The number of nitrogens with one attached hydrogen (secondary N) is 1. The molecule has 10 nitrogen and oxygen atoms in total. The molecule has 5 N–H and O–H groups in total. The van der Waals surface area contributed by atoms with E-state index in [1.54, 1.807) is 13.3 Å². The van der Waals surface area contributed by atoms with Crippen LogP contribution < -0.4 is 32.8 Å². The Hall–Kier alpha value is -4.02. The molecule has 5 rings (SSSR count). The molecular weight excluding hydrogens is 713 g/mol. The fourth-order valence-electron chi connectivity index (χ4n) is 8.16. The summed E-state index contributed by atoms with van der Waals surface area (Å²) in [4.78, 5) is 43.6. The van der Waals surface area contributed by atoms with Gasteiger partial charge in [-0.25, -0.2) is 4.79 Å². The number of fused-ring (bicyclic) bond motifs is 3. The van der Waals surface area contributed by atoms with Crippen LogP contribution in [-0.2, 0) is 11.3 Å². The van der Waals surface area contributed by atoms with Gasteiger partial charge in [-0.15, -0.1) is 0 Å². The van der Waals surface area contributed by atoms with Crippen molar-refractivity contribution < 1.29 is 9.53 Å². The summed E-state index contributed by atoms with van der Waals surface area (Å²) >= 11 is 0. The number of rotatable bonds is 24. The topological polar surface area (TPSA) is 147 Å². The fraction of sp³-hybridized carbons (Fsp3) is 0.617. The molecule has 314 valence electrons. The molecule has 0 saturated heterocycles. The monoisotopic (exact) mass is 785 g/mol. The molecule has 1 amide bonds. The van der Waals surface area contributed by atoms with Crippen LogP contribution in [0, 0.1) is 6.92 Å². The van der Waals surface area contributed by atoms with E-state index in [0.717, 1.165) is 74.4 Å². The van der Waals surface area contributed by atoms with Crippen molar-refractivity contribution in [2.24, 2.45) is 11.5 Å². The number of pyridine rings is 1. The van der Waals surface area contributed by atoms with Crippen LogP contribution in [0.1, 0.15) is 159 Å². The first-order valence-electron chi connectivity index (χ1n) is 22.2. The lowest BCUT2D eigenvalue weighted by Gasteiger charge is -2.20. The van der Waals surface area contributed by atoms with E-state index in [0.29, 0.717) is 28.7 Å². The molecule has 1 saturated carbocycles. The zero-order valence-corrected chi connectivity index (χ0v) is 35.4. The number of carbonyl (C=O) groups is 1. The first-order valence-corrected chi connectivity index (χ1v) is 22.2. The number of nitrogens with zero attached hydrogens (tertiary/aromatic N) is 3. The predicted molar refractivity (Wildman–Crippen MR) is 236 cm³/mol. The molecule has 2 aromatic carbocycles. The minimum absolute atomic E-state index is 0.00304. The van der Waals surface area contributed by atoms with Crippen LogP contribution in [0.5, 0.6) is 5.75 Å². The number of hydrogen-bond acceptors (Lipinski definition) is 7. The second-order valence-electron chi connectivity index (χ2n) is 16.1. The minimum atomic E-state index is -0.367. The highest BCUT2D eigenvalue weighted by molar-refractivity contribution is 6.05. The smallest absolute Gasteiger partial charge is 0.332 e. The van der Waals surface area contributed by atoms with Gasteiger partial charge in [-0.1, -0.05) is 152 Å². The number of amides is 1. The molecular formula is C47H72N6O4. The molecule has 4 aromatic rings. The number of benzene rings is 2. The van der Waals surface area contributed by atoms with E-state index in [9.17, 15) is 14.4 Å². The molecule has 1 fully saturated rings. The van der Waals surface area contributed by atoms with Crippen LogP contribution in [0.15, 0.2) is 58.3 Å².